The summed E-state index contributed by atoms with van der Waals surface area (Å²) in [7, 11) is -7.58. The van der Waals surface area contributed by atoms with E-state index in [4.69, 9.17) is 4.74 Å². The lowest BCUT2D eigenvalue weighted by Crippen LogP contribution is -2.53. The lowest BCUT2D eigenvalue weighted by molar-refractivity contribution is -0.150. The van der Waals surface area contributed by atoms with E-state index in [1.807, 2.05) is 0 Å². The minimum absolute atomic E-state index is 0.0934. The largest absolute Gasteiger partial charge is 0.507 e. The fourth-order valence-corrected chi connectivity index (χ4v) is 8.54. The predicted octanol–water partition coefficient (Wildman–Crippen LogP) is 2.55. The second-order valence-electron chi connectivity index (χ2n) is 11.2. The number of sulfone groups is 1. The number of anilines is 1. The number of sulfonamides is 1. The highest BCUT2D eigenvalue weighted by molar-refractivity contribution is 7.91. The Labute approximate surface area is 248 Å². The Bertz CT molecular complexity index is 1480. The molecule has 2 aliphatic rings. The molecule has 11 nitrogen and oxygen atoms in total. The predicted molar refractivity (Wildman–Crippen MR) is 159 cm³/mol. The van der Waals surface area contributed by atoms with Crippen LogP contribution in [0.2, 0.25) is 0 Å². The number of phenolic OH excluding ortho intramolecular Hbond substituents is 1. The van der Waals surface area contributed by atoms with Gasteiger partial charge in [-0.05, 0) is 81.0 Å². The van der Waals surface area contributed by atoms with E-state index in [9.17, 15) is 31.8 Å². The number of aliphatic hydroxyl groups excluding tert-OH is 1. The lowest BCUT2D eigenvalue weighted by Gasteiger charge is -2.34. The second-order valence-corrected chi connectivity index (χ2v) is 14.8. The van der Waals surface area contributed by atoms with Crippen molar-refractivity contribution >= 4 is 31.5 Å². The molecule has 42 heavy (non-hydrogen) atoms. The highest BCUT2D eigenvalue weighted by atomic mass is 32.2. The van der Waals surface area contributed by atoms with E-state index >= 15 is 0 Å². The monoisotopic (exact) mass is 623 g/mol. The highest BCUT2D eigenvalue weighted by Gasteiger charge is 2.45. The first-order valence-electron chi connectivity index (χ1n) is 14.3. The van der Waals surface area contributed by atoms with Crippen LogP contribution in [0.4, 0.5) is 5.69 Å². The normalized spacial score (nSPS) is 18.6. The van der Waals surface area contributed by atoms with Gasteiger partial charge in [-0.3, -0.25) is 4.79 Å². The summed E-state index contributed by atoms with van der Waals surface area (Å²) in [5, 5.41) is 24.1. The van der Waals surface area contributed by atoms with Crippen molar-refractivity contribution < 1.29 is 36.6 Å². The Hall–Kier alpha value is -2.71. The quantitative estimate of drug-likeness (QED) is 0.274. The minimum atomic E-state index is -3.93. The summed E-state index contributed by atoms with van der Waals surface area (Å²) in [6.45, 7) is 5.14. The molecule has 4 rings (SSSR count). The van der Waals surface area contributed by atoms with Gasteiger partial charge in [0, 0.05) is 37.6 Å². The molecule has 1 aliphatic carbocycles. The third-order valence-corrected chi connectivity index (χ3v) is 11.0. The number of aliphatic hydroxyl groups is 1. The van der Waals surface area contributed by atoms with Crippen molar-refractivity contribution in [1.29, 1.82) is 0 Å². The van der Waals surface area contributed by atoms with Gasteiger partial charge in [-0.25, -0.2) is 16.8 Å². The molecular formula is C29H41N3O8S2. The van der Waals surface area contributed by atoms with Gasteiger partial charge in [0.2, 0.25) is 10.0 Å². The third kappa shape index (κ3) is 7.08. The number of carbonyl (C=O) groups is 1. The molecule has 0 aromatic heterocycles. The third-order valence-electron chi connectivity index (χ3n) is 8.22. The standard InChI is InChI=1S/C29H41N3O8S2/c1-4-40-28(35)29(15-5-6-16-29)31-42(38,39)23-9-7-22(8-10-23)32-17-13-21(14-18-32)30-19-26(34)24-11-12-25(33)27(20(24)2)41(3,36)37/h7-12,21,26,30-31,33-34H,4-6,13-19H2,1-3H3. The fraction of sp³-hybridized carbons (Fsp3) is 0.552. The molecule has 1 heterocycles. The Kier molecular flexibility index (Phi) is 9.88. The van der Waals surface area contributed by atoms with E-state index in [1.165, 1.54) is 12.1 Å². The molecule has 2 fully saturated rings. The van der Waals surface area contributed by atoms with E-state index in [0.717, 1.165) is 50.7 Å². The first-order chi connectivity index (χ1) is 19.8. The van der Waals surface area contributed by atoms with Crippen LogP contribution in [0.5, 0.6) is 5.75 Å². The van der Waals surface area contributed by atoms with Crippen LogP contribution in [0.25, 0.3) is 0 Å². The number of piperidine rings is 1. The van der Waals surface area contributed by atoms with Gasteiger partial charge in [0.15, 0.2) is 9.84 Å². The number of phenols is 1. The van der Waals surface area contributed by atoms with E-state index in [0.29, 0.717) is 24.0 Å². The molecule has 0 amide bonds. The van der Waals surface area contributed by atoms with Crippen molar-refractivity contribution in [3.63, 3.8) is 0 Å². The molecule has 4 N–H and O–H groups in total. The Morgan fingerprint density at radius 1 is 1.07 bits per heavy atom. The van der Waals surface area contributed by atoms with Crippen LogP contribution in [0.3, 0.4) is 0 Å². The van der Waals surface area contributed by atoms with Crippen LogP contribution in [0.1, 0.15) is 62.7 Å². The molecule has 232 valence electrons. The number of hydrogen-bond acceptors (Lipinski definition) is 10. The van der Waals surface area contributed by atoms with E-state index in [1.54, 1.807) is 38.1 Å². The summed E-state index contributed by atoms with van der Waals surface area (Å²) in [6.07, 6.45) is 4.00. The molecule has 2 aromatic rings. The van der Waals surface area contributed by atoms with Crippen molar-refractivity contribution in [3.05, 3.63) is 47.5 Å². The number of esters is 1. The summed E-state index contributed by atoms with van der Waals surface area (Å²) in [5.74, 6) is -0.855. The van der Waals surface area contributed by atoms with Gasteiger partial charge in [0.25, 0.3) is 0 Å². The number of rotatable bonds is 11. The molecule has 0 radical (unpaired) electrons. The topological polar surface area (TPSA) is 162 Å². The van der Waals surface area contributed by atoms with Gasteiger partial charge in [-0.15, -0.1) is 0 Å². The van der Waals surface area contributed by atoms with Crippen LogP contribution < -0.4 is 14.9 Å². The summed E-state index contributed by atoms with van der Waals surface area (Å²) in [5.41, 5.74) is 0.458. The zero-order chi connectivity index (χ0) is 30.7. The summed E-state index contributed by atoms with van der Waals surface area (Å²) in [6, 6.07) is 9.61. The van der Waals surface area contributed by atoms with Crippen molar-refractivity contribution in [3.8, 4) is 5.75 Å². The van der Waals surface area contributed by atoms with Crippen LogP contribution in [-0.4, -0.2) is 77.1 Å². The molecule has 1 saturated heterocycles. The van der Waals surface area contributed by atoms with Gasteiger partial charge in [0.1, 0.15) is 16.2 Å². The van der Waals surface area contributed by atoms with Crippen LogP contribution in [0.15, 0.2) is 46.2 Å². The average molecular weight is 624 g/mol. The van der Waals surface area contributed by atoms with E-state index in [-0.39, 0.29) is 34.7 Å². The lowest BCUT2D eigenvalue weighted by atomic mass is 10.00. The number of aromatic hydroxyl groups is 1. The fourth-order valence-electron chi connectivity index (χ4n) is 6.00. The van der Waals surface area contributed by atoms with Gasteiger partial charge >= 0.3 is 5.97 Å². The number of hydrogen-bond donors (Lipinski definition) is 4. The molecule has 1 unspecified atom stereocenters. The number of nitrogens with zero attached hydrogens (tertiary/aromatic N) is 1. The average Bonchev–Trinajstić information content (AvgIpc) is 3.41. The maximum Gasteiger partial charge on any atom is 0.327 e. The number of carbonyl (C=O) groups excluding carboxylic acids is 1. The SMILES string of the molecule is CCOC(=O)C1(NS(=O)(=O)c2ccc(N3CCC(NCC(O)c4ccc(O)c(S(C)(=O)=O)c4C)CC3)cc2)CCCC1. The maximum atomic E-state index is 13.2. The molecule has 0 bridgehead atoms. The van der Waals surface area contributed by atoms with E-state index < -0.39 is 37.5 Å². The summed E-state index contributed by atoms with van der Waals surface area (Å²) >= 11 is 0. The maximum absolute atomic E-state index is 13.2. The van der Waals surface area contributed by atoms with Gasteiger partial charge in [-0.1, -0.05) is 18.9 Å². The molecule has 13 heteroatoms. The van der Waals surface area contributed by atoms with Gasteiger partial charge in [0.05, 0.1) is 17.6 Å². The zero-order valence-corrected chi connectivity index (χ0v) is 25.9. The Balaban J connectivity index is 1.33. The Morgan fingerprint density at radius 3 is 2.26 bits per heavy atom. The van der Waals surface area contributed by atoms with Crippen molar-refractivity contribution in [2.24, 2.45) is 0 Å². The molecule has 2 aromatic carbocycles. The molecule has 1 aliphatic heterocycles. The summed E-state index contributed by atoms with van der Waals surface area (Å²) in [4.78, 5) is 14.7. The van der Waals surface area contributed by atoms with Crippen molar-refractivity contribution in [1.82, 2.24) is 10.0 Å². The minimum Gasteiger partial charge on any atom is -0.507 e. The molecule has 1 saturated carbocycles. The first kappa shape index (κ1) is 32.2. The van der Waals surface area contributed by atoms with Crippen molar-refractivity contribution in [2.75, 3.05) is 37.4 Å². The van der Waals surface area contributed by atoms with Gasteiger partial charge < -0.3 is 25.2 Å². The van der Waals surface area contributed by atoms with Crippen molar-refractivity contribution in [2.45, 2.75) is 79.8 Å². The molecular weight excluding hydrogens is 582 g/mol. The second kappa shape index (κ2) is 12.9. The van der Waals surface area contributed by atoms with Crippen LogP contribution >= 0.6 is 0 Å². The van der Waals surface area contributed by atoms with Crippen LogP contribution in [-0.2, 0) is 29.4 Å². The smallest absolute Gasteiger partial charge is 0.327 e. The molecule has 1 atom stereocenters. The zero-order valence-electron chi connectivity index (χ0n) is 24.3. The summed E-state index contributed by atoms with van der Waals surface area (Å²) < 4.78 is 58.3. The van der Waals surface area contributed by atoms with Crippen LogP contribution in [0, 0.1) is 6.92 Å². The number of nitrogens with one attached hydrogen (secondary N) is 2. The number of ether oxygens (including phenoxy) is 1. The number of benzene rings is 2. The highest BCUT2D eigenvalue weighted by Crippen LogP contribution is 2.34. The van der Waals surface area contributed by atoms with Gasteiger partial charge in [-0.2, -0.15) is 4.72 Å². The molecule has 0 spiro atoms. The first-order valence-corrected chi connectivity index (χ1v) is 17.6. The Morgan fingerprint density at radius 2 is 1.69 bits per heavy atom. The van der Waals surface area contributed by atoms with E-state index in [2.05, 4.69) is 14.9 Å².